The largest absolute Gasteiger partial charge is 0.356 e. The zero-order valence-electron chi connectivity index (χ0n) is 17.1. The van der Waals surface area contributed by atoms with Crippen molar-refractivity contribution in [3.63, 3.8) is 0 Å². The maximum absolute atomic E-state index is 12.4. The van der Waals surface area contributed by atoms with Crippen LogP contribution in [0.15, 0.2) is 82.8 Å². The second kappa shape index (κ2) is 10.1. The number of rotatable bonds is 8. The van der Waals surface area contributed by atoms with Crippen molar-refractivity contribution in [1.29, 1.82) is 0 Å². The van der Waals surface area contributed by atoms with Gasteiger partial charge in [-0.1, -0.05) is 36.0 Å². The minimum atomic E-state index is -0.0898. The van der Waals surface area contributed by atoms with Crippen LogP contribution in [0.1, 0.15) is 18.4 Å². The Morgan fingerprint density at radius 2 is 1.42 bits per heavy atom. The van der Waals surface area contributed by atoms with Crippen molar-refractivity contribution in [2.75, 3.05) is 18.0 Å². The molecule has 31 heavy (non-hydrogen) atoms. The first kappa shape index (κ1) is 20.9. The maximum atomic E-state index is 12.4. The van der Waals surface area contributed by atoms with Crippen molar-refractivity contribution < 1.29 is 9.59 Å². The third kappa shape index (κ3) is 5.44. The predicted molar refractivity (Wildman–Crippen MR) is 122 cm³/mol. The highest BCUT2D eigenvalue weighted by atomic mass is 32.2. The van der Waals surface area contributed by atoms with E-state index in [0.717, 1.165) is 16.9 Å². The standard InChI is InChI=1S/C24H24N4O2S/c29-23(27-17-18-9-13-25-14-10-18)11-15-26-24(30)12-16-28-19-5-1-3-7-21(19)31-22-8-4-2-6-20(22)28/h1-10,13-14H,11-12,15-17H2,(H,26,30)(H,27,29). The Labute approximate surface area is 186 Å². The molecule has 6 nitrogen and oxygen atoms in total. The number of fused-ring (bicyclic) bond motifs is 2. The molecule has 2 N–H and O–H groups in total. The third-order valence-electron chi connectivity index (χ3n) is 5.01. The Morgan fingerprint density at radius 3 is 2.10 bits per heavy atom. The summed E-state index contributed by atoms with van der Waals surface area (Å²) in [4.78, 5) is 32.9. The SMILES string of the molecule is O=C(CCN1c2ccccc2Sc2ccccc21)NCCC(=O)NCc1ccncc1. The summed E-state index contributed by atoms with van der Waals surface area (Å²) in [5.74, 6) is -0.150. The van der Waals surface area contributed by atoms with Gasteiger partial charge in [-0.3, -0.25) is 14.6 Å². The highest BCUT2D eigenvalue weighted by molar-refractivity contribution is 7.99. The lowest BCUT2D eigenvalue weighted by molar-refractivity contribution is -0.122. The van der Waals surface area contributed by atoms with Crippen molar-refractivity contribution in [3.05, 3.63) is 78.6 Å². The lowest BCUT2D eigenvalue weighted by atomic mass is 10.2. The zero-order chi connectivity index (χ0) is 21.5. The molecule has 2 amide bonds. The molecular weight excluding hydrogens is 408 g/mol. The first-order chi connectivity index (χ1) is 15.2. The normalized spacial score (nSPS) is 11.9. The van der Waals surface area contributed by atoms with E-state index in [9.17, 15) is 9.59 Å². The van der Waals surface area contributed by atoms with Crippen molar-refractivity contribution in [1.82, 2.24) is 15.6 Å². The lowest BCUT2D eigenvalue weighted by Crippen LogP contribution is -2.32. The van der Waals surface area contributed by atoms with E-state index in [1.165, 1.54) is 9.79 Å². The Balaban J connectivity index is 1.25. The van der Waals surface area contributed by atoms with E-state index >= 15 is 0 Å². The molecule has 0 radical (unpaired) electrons. The van der Waals surface area contributed by atoms with Gasteiger partial charge in [0.25, 0.3) is 0 Å². The van der Waals surface area contributed by atoms with Gasteiger partial charge in [-0.25, -0.2) is 0 Å². The average molecular weight is 433 g/mol. The quantitative estimate of drug-likeness (QED) is 0.565. The Bertz CT molecular complexity index is 1010. The lowest BCUT2D eigenvalue weighted by Gasteiger charge is -2.32. The van der Waals surface area contributed by atoms with Crippen LogP contribution >= 0.6 is 11.8 Å². The number of anilines is 2. The van der Waals surface area contributed by atoms with E-state index in [4.69, 9.17) is 0 Å². The smallest absolute Gasteiger partial charge is 0.222 e. The van der Waals surface area contributed by atoms with Gasteiger partial charge in [0.05, 0.1) is 11.4 Å². The fourth-order valence-electron chi connectivity index (χ4n) is 3.43. The Morgan fingerprint density at radius 1 is 0.806 bits per heavy atom. The molecular formula is C24H24N4O2S. The summed E-state index contributed by atoms with van der Waals surface area (Å²) in [6, 6.07) is 20.2. The Hall–Kier alpha value is -3.32. The molecule has 4 rings (SSSR count). The van der Waals surface area contributed by atoms with Crippen LogP contribution in [0.25, 0.3) is 0 Å². The molecule has 0 unspecified atom stereocenters. The number of carbonyl (C=O) groups is 2. The van der Waals surface area contributed by atoms with Crippen LogP contribution in [-0.2, 0) is 16.1 Å². The average Bonchev–Trinajstić information content (AvgIpc) is 2.81. The van der Waals surface area contributed by atoms with Gasteiger partial charge in [-0.05, 0) is 42.0 Å². The number of benzene rings is 2. The van der Waals surface area contributed by atoms with Crippen LogP contribution in [0, 0.1) is 0 Å². The molecule has 0 atom stereocenters. The molecule has 0 bridgehead atoms. The predicted octanol–water partition coefficient (Wildman–Crippen LogP) is 3.90. The van der Waals surface area contributed by atoms with Crippen LogP contribution in [-0.4, -0.2) is 29.9 Å². The van der Waals surface area contributed by atoms with E-state index in [0.29, 0.717) is 26.1 Å². The highest BCUT2D eigenvalue weighted by Gasteiger charge is 2.23. The molecule has 1 aromatic heterocycles. The van der Waals surface area contributed by atoms with Gasteiger partial charge in [0, 0.05) is 54.7 Å². The van der Waals surface area contributed by atoms with Gasteiger partial charge >= 0.3 is 0 Å². The highest BCUT2D eigenvalue weighted by Crippen LogP contribution is 2.47. The third-order valence-corrected chi connectivity index (χ3v) is 6.14. The number of hydrogen-bond acceptors (Lipinski definition) is 5. The van der Waals surface area contributed by atoms with E-state index in [1.807, 2.05) is 36.4 Å². The van der Waals surface area contributed by atoms with Crippen molar-refractivity contribution >= 4 is 35.0 Å². The minimum absolute atomic E-state index is 0.0601. The van der Waals surface area contributed by atoms with E-state index in [-0.39, 0.29) is 18.2 Å². The molecule has 2 aromatic carbocycles. The van der Waals surface area contributed by atoms with Crippen molar-refractivity contribution in [2.24, 2.45) is 0 Å². The molecule has 0 saturated heterocycles. The van der Waals surface area contributed by atoms with Gasteiger partial charge in [0.2, 0.25) is 11.8 Å². The second-order valence-electron chi connectivity index (χ2n) is 7.17. The fraction of sp³-hybridized carbons (Fsp3) is 0.208. The van der Waals surface area contributed by atoms with Crippen LogP contribution in [0.3, 0.4) is 0 Å². The number of hydrogen-bond donors (Lipinski definition) is 2. The van der Waals surface area contributed by atoms with Crippen LogP contribution in [0.2, 0.25) is 0 Å². The van der Waals surface area contributed by atoms with Gasteiger partial charge in [0.15, 0.2) is 0 Å². The topological polar surface area (TPSA) is 74.3 Å². The molecule has 158 valence electrons. The molecule has 7 heteroatoms. The monoisotopic (exact) mass is 432 g/mol. The van der Waals surface area contributed by atoms with Gasteiger partial charge < -0.3 is 15.5 Å². The molecule has 1 aliphatic rings. The summed E-state index contributed by atoms with van der Waals surface area (Å²) in [5, 5.41) is 5.71. The van der Waals surface area contributed by atoms with E-state index < -0.39 is 0 Å². The summed E-state index contributed by atoms with van der Waals surface area (Å²) in [7, 11) is 0. The number of para-hydroxylation sites is 2. The Kier molecular flexibility index (Phi) is 6.84. The summed E-state index contributed by atoms with van der Waals surface area (Å²) in [6.45, 7) is 1.36. The molecule has 1 aliphatic heterocycles. The number of carbonyl (C=O) groups excluding carboxylic acids is 2. The molecule has 2 heterocycles. The first-order valence-corrected chi connectivity index (χ1v) is 11.1. The van der Waals surface area contributed by atoms with Gasteiger partial charge in [0.1, 0.15) is 0 Å². The fourth-order valence-corrected chi connectivity index (χ4v) is 4.52. The van der Waals surface area contributed by atoms with E-state index in [1.54, 1.807) is 24.2 Å². The van der Waals surface area contributed by atoms with Gasteiger partial charge in [-0.15, -0.1) is 0 Å². The number of amides is 2. The maximum Gasteiger partial charge on any atom is 0.222 e. The summed E-state index contributed by atoms with van der Waals surface area (Å²) < 4.78 is 0. The molecule has 0 aliphatic carbocycles. The zero-order valence-corrected chi connectivity index (χ0v) is 17.9. The first-order valence-electron chi connectivity index (χ1n) is 10.3. The van der Waals surface area contributed by atoms with Crippen LogP contribution in [0.5, 0.6) is 0 Å². The van der Waals surface area contributed by atoms with Crippen LogP contribution in [0.4, 0.5) is 11.4 Å². The molecule has 0 fully saturated rings. The minimum Gasteiger partial charge on any atom is -0.356 e. The summed E-state index contributed by atoms with van der Waals surface area (Å²) in [5.41, 5.74) is 3.23. The van der Waals surface area contributed by atoms with Crippen molar-refractivity contribution in [2.45, 2.75) is 29.2 Å². The van der Waals surface area contributed by atoms with E-state index in [2.05, 4.69) is 44.8 Å². The van der Waals surface area contributed by atoms with Crippen LogP contribution < -0.4 is 15.5 Å². The molecule has 0 spiro atoms. The summed E-state index contributed by atoms with van der Waals surface area (Å²) in [6.07, 6.45) is 3.99. The number of nitrogens with one attached hydrogen (secondary N) is 2. The number of pyridine rings is 1. The second-order valence-corrected chi connectivity index (χ2v) is 8.26. The van der Waals surface area contributed by atoms with Gasteiger partial charge in [-0.2, -0.15) is 0 Å². The molecule has 0 saturated carbocycles. The summed E-state index contributed by atoms with van der Waals surface area (Å²) >= 11 is 1.75. The number of aromatic nitrogens is 1. The molecule has 3 aromatic rings. The van der Waals surface area contributed by atoms with Crippen molar-refractivity contribution in [3.8, 4) is 0 Å². The number of nitrogens with zero attached hydrogens (tertiary/aromatic N) is 2.